The molecule has 3 rings (SSSR count). The number of benzene rings is 1. The molecule has 2 aliphatic rings. The van der Waals surface area contributed by atoms with Crippen LogP contribution in [0.4, 0.5) is 0 Å². The Kier molecular flexibility index (Phi) is 19.0. The number of hydrogen-bond acceptors (Lipinski definition) is 11. The molecule has 0 aromatic heterocycles. The number of fused-ring (bicyclic) bond motifs is 1. The number of carbonyl (C=O) groups is 8. The Morgan fingerprint density at radius 3 is 2.11 bits per heavy atom. The van der Waals surface area contributed by atoms with Crippen LogP contribution >= 0.6 is 0 Å². The molecule has 1 aromatic rings. The summed E-state index contributed by atoms with van der Waals surface area (Å²) in [6, 6.07) is -1.77. The predicted octanol–water partition coefficient (Wildman–Crippen LogP) is 0.964. The van der Waals surface area contributed by atoms with Gasteiger partial charge in [0.1, 0.15) is 54.1 Å². The first-order valence-corrected chi connectivity index (χ1v) is 21.3. The lowest BCUT2D eigenvalue weighted by atomic mass is 9.95. The fourth-order valence-corrected chi connectivity index (χ4v) is 7.59. The molecule has 18 nitrogen and oxygen atoms in total. The van der Waals surface area contributed by atoms with Crippen LogP contribution < -0.4 is 36.7 Å². The number of nitrogens with one attached hydrogen (secondary N) is 6. The molecule has 0 aliphatic carbocycles. The van der Waals surface area contributed by atoms with Crippen molar-refractivity contribution in [3.8, 4) is 5.75 Å². The van der Waals surface area contributed by atoms with Crippen LogP contribution in [0, 0.1) is 23.7 Å². The highest BCUT2D eigenvalue weighted by atomic mass is 16.5. The lowest BCUT2D eigenvalue weighted by Crippen LogP contribution is -2.66. The average Bonchev–Trinajstić information content (AvgIpc) is 3.21. The van der Waals surface area contributed by atoms with Crippen LogP contribution in [0.2, 0.25) is 0 Å². The molecule has 2 saturated heterocycles. The van der Waals surface area contributed by atoms with Gasteiger partial charge in [0.25, 0.3) is 5.91 Å². The Morgan fingerprint density at radius 2 is 1.56 bits per heavy atom. The van der Waals surface area contributed by atoms with Crippen molar-refractivity contribution in [2.45, 2.75) is 143 Å². The molecule has 7 amide bonds. The zero-order valence-corrected chi connectivity index (χ0v) is 37.5. The van der Waals surface area contributed by atoms with Crippen LogP contribution in [0.3, 0.4) is 0 Å². The van der Waals surface area contributed by atoms with Gasteiger partial charge in [-0.3, -0.25) is 38.6 Å². The van der Waals surface area contributed by atoms with E-state index in [-0.39, 0.29) is 25.2 Å². The van der Waals surface area contributed by atoms with Gasteiger partial charge in [0.2, 0.25) is 35.9 Å². The average molecular weight is 857 g/mol. The number of methoxy groups -OCH3 is 1. The summed E-state index contributed by atoms with van der Waals surface area (Å²) in [5, 5.41) is 14.8. The first-order chi connectivity index (χ1) is 28.7. The molecule has 18 heteroatoms. The SMILES string of the molecule is CC[C@H](C)[C@H]1NC(=O)[C@@H](Cc2ccc(OC)cc2)NC(=O)[C@@H](NC(=O)[C@@H](NC=O)C(C)C)[C@@H](C)OC(=O)[C@H](C(C)C)N(C)C(=O)[C@H](CC(C)C)NC(=O)[C@@H]2CCCNN2C1=O. The van der Waals surface area contributed by atoms with Gasteiger partial charge in [-0.15, -0.1) is 0 Å². The van der Waals surface area contributed by atoms with Crippen LogP contribution in [0.25, 0.3) is 0 Å². The Balaban J connectivity index is 2.26. The van der Waals surface area contributed by atoms with E-state index in [9.17, 15) is 38.4 Å². The van der Waals surface area contributed by atoms with E-state index >= 15 is 0 Å². The molecule has 61 heavy (non-hydrogen) atoms. The van der Waals surface area contributed by atoms with Crippen molar-refractivity contribution in [2.75, 3.05) is 20.7 Å². The third kappa shape index (κ3) is 13.4. The number of esters is 1. The molecule has 0 unspecified atom stereocenters. The fourth-order valence-electron chi connectivity index (χ4n) is 7.59. The maximum atomic E-state index is 14.6. The first-order valence-electron chi connectivity index (χ1n) is 21.3. The van der Waals surface area contributed by atoms with Crippen molar-refractivity contribution in [2.24, 2.45) is 23.7 Å². The lowest BCUT2D eigenvalue weighted by Gasteiger charge is -2.39. The number of hydrazine groups is 1. The topological polar surface area (TPSA) is 234 Å². The summed E-state index contributed by atoms with van der Waals surface area (Å²) < 4.78 is 11.2. The third-order valence-electron chi connectivity index (χ3n) is 11.3. The number of cyclic esters (lactones) is 1. The summed E-state index contributed by atoms with van der Waals surface area (Å²) in [6.07, 6.45) is 0.369. The Labute approximate surface area is 359 Å². The maximum absolute atomic E-state index is 14.6. The molecule has 0 bridgehead atoms. The van der Waals surface area contributed by atoms with Gasteiger partial charge >= 0.3 is 5.97 Å². The van der Waals surface area contributed by atoms with Crippen LogP contribution in [-0.2, 0) is 49.5 Å². The van der Waals surface area contributed by atoms with Gasteiger partial charge in [-0.2, -0.15) is 0 Å². The standard InChI is InChI=1S/C43H68N8O10/c1-12-26(8)34-42(58)51-32(14-13-19-45-51)38(54)47-31(20-23(2)3)41(57)50(10)36(25(6)7)43(59)61-27(9)35(49-39(55)33(24(4)5)44-22-52)40(56)46-30(37(53)48-34)21-28-15-17-29(60-11)18-16-28/h15-18,22-27,30-36,45H,12-14,19-21H2,1-11H3,(H,44,52)(H,46,56)(H,47,54)(H,48,53)(H,49,55)/t26-,27+,30+,31-,32-,33-,34+,35-,36-/m0/s1. The molecule has 0 radical (unpaired) electrons. The second-order valence-corrected chi connectivity index (χ2v) is 17.2. The fraction of sp³-hybridized carbons (Fsp3) is 0.674. The maximum Gasteiger partial charge on any atom is 0.329 e. The number of hydrogen-bond donors (Lipinski definition) is 6. The molecule has 2 heterocycles. The summed E-state index contributed by atoms with van der Waals surface area (Å²) >= 11 is 0. The van der Waals surface area contributed by atoms with E-state index in [0.717, 1.165) is 0 Å². The van der Waals surface area contributed by atoms with Gasteiger partial charge in [-0.05, 0) is 67.6 Å². The molecule has 0 saturated carbocycles. The molecule has 9 atom stereocenters. The van der Waals surface area contributed by atoms with Gasteiger partial charge in [-0.1, -0.05) is 73.9 Å². The number of carbonyl (C=O) groups excluding carboxylic acids is 8. The van der Waals surface area contributed by atoms with E-state index in [4.69, 9.17) is 9.47 Å². The van der Waals surface area contributed by atoms with Gasteiger partial charge in [-0.25, -0.2) is 10.2 Å². The smallest absolute Gasteiger partial charge is 0.329 e. The van der Waals surface area contributed by atoms with E-state index in [1.807, 2.05) is 20.8 Å². The molecular weight excluding hydrogens is 789 g/mol. The normalized spacial score (nSPS) is 26.2. The van der Waals surface area contributed by atoms with Gasteiger partial charge in [0.05, 0.1) is 7.11 Å². The molecule has 2 fully saturated rings. The molecule has 0 spiro atoms. The van der Waals surface area contributed by atoms with E-state index < -0.39 is 108 Å². The van der Waals surface area contributed by atoms with Crippen LogP contribution in [0.1, 0.15) is 93.6 Å². The van der Waals surface area contributed by atoms with Crippen LogP contribution in [0.5, 0.6) is 5.75 Å². The molecular formula is C43H68N8O10. The largest absolute Gasteiger partial charge is 0.497 e. The van der Waals surface area contributed by atoms with Crippen molar-refractivity contribution < 1.29 is 47.8 Å². The minimum atomic E-state index is -1.62. The Morgan fingerprint density at radius 1 is 0.918 bits per heavy atom. The Hall–Kier alpha value is -5.26. The molecule has 2 aliphatic heterocycles. The summed E-state index contributed by atoms with van der Waals surface area (Å²) in [6.45, 7) is 16.0. The van der Waals surface area contributed by atoms with Crippen molar-refractivity contribution in [3.63, 3.8) is 0 Å². The van der Waals surface area contributed by atoms with Crippen LogP contribution in [-0.4, -0.2) is 127 Å². The third-order valence-corrected chi connectivity index (χ3v) is 11.3. The number of nitrogens with zero attached hydrogens (tertiary/aromatic N) is 2. The second-order valence-electron chi connectivity index (χ2n) is 17.2. The summed E-state index contributed by atoms with van der Waals surface area (Å²) in [4.78, 5) is 113. The predicted molar refractivity (Wildman–Crippen MR) is 226 cm³/mol. The summed E-state index contributed by atoms with van der Waals surface area (Å²) in [7, 11) is 2.94. The van der Waals surface area contributed by atoms with E-state index in [1.54, 1.807) is 58.9 Å². The minimum absolute atomic E-state index is 0.0712. The van der Waals surface area contributed by atoms with Crippen molar-refractivity contribution in [3.05, 3.63) is 29.8 Å². The Bertz CT molecular complexity index is 1710. The molecule has 1 aromatic carbocycles. The van der Waals surface area contributed by atoms with E-state index in [0.29, 0.717) is 37.1 Å². The summed E-state index contributed by atoms with van der Waals surface area (Å²) in [5.74, 6) is -5.93. The number of ether oxygens (including phenoxy) is 2. The zero-order valence-electron chi connectivity index (χ0n) is 37.5. The van der Waals surface area contributed by atoms with Gasteiger partial charge < -0.3 is 41.0 Å². The quantitative estimate of drug-likeness (QED) is 0.121. The van der Waals surface area contributed by atoms with E-state index in [2.05, 4.69) is 32.0 Å². The zero-order chi connectivity index (χ0) is 45.7. The lowest BCUT2D eigenvalue weighted by molar-refractivity contribution is -0.163. The highest BCUT2D eigenvalue weighted by Crippen LogP contribution is 2.22. The monoisotopic (exact) mass is 857 g/mol. The summed E-state index contributed by atoms with van der Waals surface area (Å²) in [5.41, 5.74) is 3.66. The highest BCUT2D eigenvalue weighted by molar-refractivity contribution is 5.98. The minimum Gasteiger partial charge on any atom is -0.497 e. The first kappa shape index (κ1) is 50.1. The van der Waals surface area contributed by atoms with Crippen molar-refractivity contribution in [1.82, 2.24) is 41.9 Å². The molecule has 6 N–H and O–H groups in total. The van der Waals surface area contributed by atoms with Crippen molar-refractivity contribution >= 4 is 47.8 Å². The van der Waals surface area contributed by atoms with Gasteiger partial charge in [0.15, 0.2) is 0 Å². The highest BCUT2D eigenvalue weighted by Gasteiger charge is 2.43. The number of likely N-dealkylation sites (N-methyl/N-ethyl adjacent to an activating group) is 1. The van der Waals surface area contributed by atoms with Crippen molar-refractivity contribution in [1.29, 1.82) is 0 Å². The van der Waals surface area contributed by atoms with Gasteiger partial charge in [0, 0.05) is 20.0 Å². The van der Waals surface area contributed by atoms with Crippen LogP contribution in [0.15, 0.2) is 24.3 Å². The second kappa shape index (κ2) is 23.1. The number of rotatable bonds is 13. The van der Waals surface area contributed by atoms with E-state index in [1.165, 1.54) is 31.0 Å². The number of amides is 7. The molecule has 340 valence electrons.